The molecular formula is C20H31BrN4O2. The van der Waals surface area contributed by atoms with Crippen molar-refractivity contribution < 1.29 is 9.47 Å². The molecule has 0 bridgehead atoms. The van der Waals surface area contributed by atoms with Crippen LogP contribution in [0, 0.1) is 0 Å². The van der Waals surface area contributed by atoms with Crippen LogP contribution in [0.1, 0.15) is 37.7 Å². The molecule has 2 N–H and O–H groups in total. The highest BCUT2D eigenvalue weighted by atomic mass is 79.9. The Kier molecular flexibility index (Phi) is 7.24. The molecule has 7 heteroatoms. The van der Waals surface area contributed by atoms with Gasteiger partial charge in [0.25, 0.3) is 0 Å². The smallest absolute Gasteiger partial charge is 0.191 e. The monoisotopic (exact) mass is 438 g/mol. The van der Waals surface area contributed by atoms with Crippen LogP contribution < -0.4 is 20.1 Å². The lowest BCUT2D eigenvalue weighted by molar-refractivity contribution is 0.242. The van der Waals surface area contributed by atoms with Crippen LogP contribution in [0.3, 0.4) is 0 Å². The summed E-state index contributed by atoms with van der Waals surface area (Å²) in [5, 5.41) is 7.01. The molecule has 1 saturated carbocycles. The number of halogens is 1. The summed E-state index contributed by atoms with van der Waals surface area (Å²) in [6.07, 6.45) is 6.70. The molecule has 0 radical (unpaired) electrons. The number of ether oxygens (including phenoxy) is 2. The number of guanidine groups is 1. The SMILES string of the molecule is CN=C(NCc1cc(OC)c(OC)cc1Br)NC1CCN(C2CCCC2)C1. The van der Waals surface area contributed by atoms with E-state index in [2.05, 4.69) is 36.5 Å². The third-order valence-corrected chi connectivity index (χ3v) is 6.36. The van der Waals surface area contributed by atoms with E-state index >= 15 is 0 Å². The first-order valence-corrected chi connectivity index (χ1v) is 10.6. The van der Waals surface area contributed by atoms with Gasteiger partial charge in [-0.15, -0.1) is 0 Å². The summed E-state index contributed by atoms with van der Waals surface area (Å²) < 4.78 is 11.7. The molecule has 1 unspecified atom stereocenters. The Balaban J connectivity index is 1.54. The van der Waals surface area contributed by atoms with Crippen LogP contribution in [0.2, 0.25) is 0 Å². The third-order valence-electron chi connectivity index (χ3n) is 5.62. The molecule has 2 fully saturated rings. The highest BCUT2D eigenvalue weighted by molar-refractivity contribution is 9.10. The Labute approximate surface area is 170 Å². The van der Waals surface area contributed by atoms with Gasteiger partial charge < -0.3 is 20.1 Å². The van der Waals surface area contributed by atoms with Crippen LogP contribution in [-0.4, -0.2) is 57.3 Å². The lowest BCUT2D eigenvalue weighted by Gasteiger charge is -2.24. The van der Waals surface area contributed by atoms with Crippen molar-refractivity contribution in [2.45, 2.75) is 50.7 Å². The topological polar surface area (TPSA) is 58.1 Å². The predicted molar refractivity (Wildman–Crippen MR) is 113 cm³/mol. The molecular weight excluding hydrogens is 408 g/mol. The second-order valence-corrected chi connectivity index (χ2v) is 8.14. The fourth-order valence-electron chi connectivity index (χ4n) is 4.10. The van der Waals surface area contributed by atoms with Gasteiger partial charge in [-0.3, -0.25) is 9.89 Å². The van der Waals surface area contributed by atoms with Crippen LogP contribution in [0.4, 0.5) is 0 Å². The van der Waals surface area contributed by atoms with Crippen molar-refractivity contribution in [3.05, 3.63) is 22.2 Å². The molecule has 27 heavy (non-hydrogen) atoms. The number of hydrogen-bond donors (Lipinski definition) is 2. The molecule has 3 rings (SSSR count). The Morgan fingerprint density at radius 2 is 1.89 bits per heavy atom. The average Bonchev–Trinajstić information content (AvgIpc) is 3.37. The van der Waals surface area contributed by atoms with E-state index in [1.807, 2.05) is 19.2 Å². The highest BCUT2D eigenvalue weighted by Crippen LogP contribution is 2.33. The Hall–Kier alpha value is -1.47. The molecule has 0 spiro atoms. The van der Waals surface area contributed by atoms with Crippen LogP contribution in [0.15, 0.2) is 21.6 Å². The van der Waals surface area contributed by atoms with Crippen molar-refractivity contribution in [3.8, 4) is 11.5 Å². The summed E-state index contributed by atoms with van der Waals surface area (Å²) in [5.74, 6) is 2.28. The molecule has 1 aromatic carbocycles. The Bertz CT molecular complexity index is 662. The van der Waals surface area contributed by atoms with Crippen molar-refractivity contribution in [1.82, 2.24) is 15.5 Å². The highest BCUT2D eigenvalue weighted by Gasteiger charge is 2.30. The van der Waals surface area contributed by atoms with E-state index in [1.54, 1.807) is 14.2 Å². The fourth-order valence-corrected chi connectivity index (χ4v) is 4.57. The maximum atomic E-state index is 5.41. The number of nitrogens with zero attached hydrogens (tertiary/aromatic N) is 2. The zero-order chi connectivity index (χ0) is 19.2. The van der Waals surface area contributed by atoms with E-state index in [4.69, 9.17) is 9.47 Å². The summed E-state index contributed by atoms with van der Waals surface area (Å²) >= 11 is 3.61. The van der Waals surface area contributed by atoms with Gasteiger partial charge in [-0.25, -0.2) is 0 Å². The minimum atomic E-state index is 0.464. The van der Waals surface area contributed by atoms with Gasteiger partial charge in [0.1, 0.15) is 0 Å². The average molecular weight is 439 g/mol. The van der Waals surface area contributed by atoms with E-state index < -0.39 is 0 Å². The summed E-state index contributed by atoms with van der Waals surface area (Å²) in [5.41, 5.74) is 1.09. The molecule has 2 aliphatic rings. The van der Waals surface area contributed by atoms with Gasteiger partial charge in [0.15, 0.2) is 17.5 Å². The quantitative estimate of drug-likeness (QED) is 0.527. The largest absolute Gasteiger partial charge is 0.493 e. The molecule has 1 aliphatic carbocycles. The minimum absolute atomic E-state index is 0.464. The predicted octanol–water partition coefficient (Wildman–Crippen LogP) is 3.15. The molecule has 1 heterocycles. The van der Waals surface area contributed by atoms with Gasteiger partial charge in [0, 0.05) is 43.2 Å². The maximum absolute atomic E-state index is 5.41. The number of likely N-dealkylation sites (tertiary alicyclic amines) is 1. The normalized spacial score (nSPS) is 21.5. The second-order valence-electron chi connectivity index (χ2n) is 7.29. The van der Waals surface area contributed by atoms with Crippen molar-refractivity contribution >= 4 is 21.9 Å². The number of benzene rings is 1. The van der Waals surface area contributed by atoms with Crippen LogP contribution in [0.25, 0.3) is 0 Å². The number of methoxy groups -OCH3 is 2. The second kappa shape index (κ2) is 9.64. The number of aliphatic imine (C=N–C) groups is 1. The van der Waals surface area contributed by atoms with Crippen molar-refractivity contribution in [2.24, 2.45) is 4.99 Å². The first-order chi connectivity index (χ1) is 13.1. The van der Waals surface area contributed by atoms with Gasteiger partial charge in [-0.05, 0) is 37.0 Å². The van der Waals surface area contributed by atoms with Gasteiger partial charge in [0.05, 0.1) is 14.2 Å². The third kappa shape index (κ3) is 5.08. The standard InChI is InChI=1S/C20H31BrN4O2/c1-22-20(24-15-8-9-25(13-15)16-6-4-5-7-16)23-12-14-10-18(26-2)19(27-3)11-17(14)21/h10-11,15-16H,4-9,12-13H2,1-3H3,(H2,22,23,24). The fraction of sp³-hybridized carbons (Fsp3) is 0.650. The molecule has 6 nitrogen and oxygen atoms in total. The summed E-state index contributed by atoms with van der Waals surface area (Å²) in [6, 6.07) is 5.18. The van der Waals surface area contributed by atoms with Crippen LogP contribution in [0.5, 0.6) is 11.5 Å². The molecule has 1 saturated heterocycles. The van der Waals surface area contributed by atoms with E-state index in [0.29, 0.717) is 18.3 Å². The number of nitrogens with one attached hydrogen (secondary N) is 2. The molecule has 1 aliphatic heterocycles. The van der Waals surface area contributed by atoms with Gasteiger partial charge in [0.2, 0.25) is 0 Å². The lowest BCUT2D eigenvalue weighted by atomic mass is 10.2. The lowest BCUT2D eigenvalue weighted by Crippen LogP contribution is -2.45. The van der Waals surface area contributed by atoms with E-state index in [1.165, 1.54) is 38.6 Å². The number of rotatable bonds is 6. The molecule has 1 atom stereocenters. The molecule has 1 aromatic rings. The molecule has 150 valence electrons. The molecule has 0 aromatic heterocycles. The van der Waals surface area contributed by atoms with Gasteiger partial charge in [-0.1, -0.05) is 28.8 Å². The number of hydrogen-bond acceptors (Lipinski definition) is 4. The first kappa shape index (κ1) is 20.3. The van der Waals surface area contributed by atoms with E-state index in [9.17, 15) is 0 Å². The van der Waals surface area contributed by atoms with Gasteiger partial charge >= 0.3 is 0 Å². The molecule has 0 amide bonds. The zero-order valence-corrected chi connectivity index (χ0v) is 18.1. The maximum Gasteiger partial charge on any atom is 0.191 e. The van der Waals surface area contributed by atoms with E-state index in [-0.39, 0.29) is 0 Å². The van der Waals surface area contributed by atoms with E-state index in [0.717, 1.165) is 34.3 Å². The van der Waals surface area contributed by atoms with Gasteiger partial charge in [-0.2, -0.15) is 0 Å². The summed E-state index contributed by atoms with van der Waals surface area (Å²) in [4.78, 5) is 7.06. The van der Waals surface area contributed by atoms with Crippen molar-refractivity contribution in [1.29, 1.82) is 0 Å². The minimum Gasteiger partial charge on any atom is -0.493 e. The summed E-state index contributed by atoms with van der Waals surface area (Å²) in [6.45, 7) is 2.96. The van der Waals surface area contributed by atoms with Crippen LogP contribution >= 0.6 is 15.9 Å². The zero-order valence-electron chi connectivity index (χ0n) is 16.6. The van der Waals surface area contributed by atoms with Crippen molar-refractivity contribution in [3.63, 3.8) is 0 Å². The first-order valence-electron chi connectivity index (χ1n) is 9.76. The van der Waals surface area contributed by atoms with Crippen LogP contribution in [-0.2, 0) is 6.54 Å². The van der Waals surface area contributed by atoms with Crippen molar-refractivity contribution in [2.75, 3.05) is 34.4 Å². The summed E-state index contributed by atoms with van der Waals surface area (Å²) in [7, 11) is 5.12. The Morgan fingerprint density at radius 1 is 1.19 bits per heavy atom. The Morgan fingerprint density at radius 3 is 2.56 bits per heavy atom.